The van der Waals surface area contributed by atoms with Crippen molar-refractivity contribution < 1.29 is 4.79 Å². The molecular weight excluding hydrogens is 312 g/mol. The lowest BCUT2D eigenvalue weighted by molar-refractivity contribution is -0.114. The minimum absolute atomic E-state index is 0.0884. The molecule has 0 saturated heterocycles. The van der Waals surface area contributed by atoms with Crippen molar-refractivity contribution >= 4 is 22.9 Å². The number of carbonyl (C=O) groups is 1. The van der Waals surface area contributed by atoms with Gasteiger partial charge in [0.2, 0.25) is 5.91 Å². The molecule has 0 atom stereocenters. The van der Waals surface area contributed by atoms with Crippen LogP contribution in [0, 0.1) is 27.7 Å². The fourth-order valence-electron chi connectivity index (χ4n) is 3.08. The van der Waals surface area contributed by atoms with Crippen molar-refractivity contribution in [3.8, 4) is 0 Å². The smallest absolute Gasteiger partial charge is 0.221 e. The highest BCUT2D eigenvalue weighted by Gasteiger charge is 2.12. The maximum Gasteiger partial charge on any atom is 0.221 e. The number of imidazole rings is 1. The number of nitrogens with one attached hydrogen (secondary N) is 2. The van der Waals surface area contributed by atoms with Crippen molar-refractivity contribution in [3.05, 3.63) is 58.5 Å². The molecule has 0 fully saturated rings. The molecule has 0 aliphatic heterocycles. The molecule has 0 spiro atoms. The molecule has 2 N–H and O–H groups in total. The molecule has 0 radical (unpaired) electrons. The highest BCUT2D eigenvalue weighted by atomic mass is 16.1. The van der Waals surface area contributed by atoms with Gasteiger partial charge in [-0.25, -0.2) is 4.98 Å². The first-order valence-electron chi connectivity index (χ1n) is 8.42. The number of anilines is 2. The number of fused-ring (bicyclic) bond motifs is 1. The first-order valence-corrected chi connectivity index (χ1v) is 8.42. The Labute approximate surface area is 148 Å². The lowest BCUT2D eigenvalue weighted by atomic mass is 10.0. The van der Waals surface area contributed by atoms with E-state index in [9.17, 15) is 4.79 Å². The summed E-state index contributed by atoms with van der Waals surface area (Å²) in [4.78, 5) is 16.1. The van der Waals surface area contributed by atoms with Crippen LogP contribution in [-0.4, -0.2) is 15.3 Å². The van der Waals surface area contributed by atoms with Crippen LogP contribution in [0.15, 0.2) is 30.5 Å². The normalized spacial score (nSPS) is 10.9. The molecule has 0 aliphatic carbocycles. The third kappa shape index (κ3) is 3.36. The quantitative estimate of drug-likeness (QED) is 0.753. The lowest BCUT2D eigenvalue weighted by Gasteiger charge is -2.14. The summed E-state index contributed by atoms with van der Waals surface area (Å²) in [6.45, 7) is 10.5. The maximum atomic E-state index is 11.5. The summed E-state index contributed by atoms with van der Waals surface area (Å²) >= 11 is 0. The van der Waals surface area contributed by atoms with E-state index in [1.807, 2.05) is 30.5 Å². The minimum atomic E-state index is -0.0884. The van der Waals surface area contributed by atoms with Gasteiger partial charge in [-0.2, -0.15) is 0 Å². The van der Waals surface area contributed by atoms with Gasteiger partial charge in [-0.3, -0.25) is 4.79 Å². The van der Waals surface area contributed by atoms with Gasteiger partial charge < -0.3 is 15.0 Å². The standard InChI is InChI=1S/C20H24N4O/c1-12-7-6-8-13(2)18(12)10-21-19-9-17(23-16(5)25)11-24-15(4)14(3)22-20(19)24/h6-9,11,21H,10H2,1-5H3,(H,23,25). The molecule has 2 heterocycles. The Hall–Kier alpha value is -2.82. The molecule has 25 heavy (non-hydrogen) atoms. The number of pyridine rings is 1. The summed E-state index contributed by atoms with van der Waals surface area (Å²) in [5.41, 5.74) is 8.39. The first kappa shape index (κ1) is 17.0. The highest BCUT2D eigenvalue weighted by Crippen LogP contribution is 2.25. The van der Waals surface area contributed by atoms with E-state index in [1.54, 1.807) is 0 Å². The molecule has 3 rings (SSSR count). The zero-order valence-electron chi connectivity index (χ0n) is 15.4. The fraction of sp³-hybridized carbons (Fsp3) is 0.300. The van der Waals surface area contributed by atoms with Crippen LogP contribution >= 0.6 is 0 Å². The number of carbonyl (C=O) groups excluding carboxylic acids is 1. The molecule has 0 saturated carbocycles. The maximum absolute atomic E-state index is 11.5. The number of benzene rings is 1. The van der Waals surface area contributed by atoms with Crippen LogP contribution in [0.25, 0.3) is 5.65 Å². The zero-order chi connectivity index (χ0) is 18.1. The van der Waals surface area contributed by atoms with E-state index in [0.29, 0.717) is 6.54 Å². The van der Waals surface area contributed by atoms with E-state index >= 15 is 0 Å². The van der Waals surface area contributed by atoms with E-state index in [2.05, 4.69) is 47.7 Å². The summed E-state index contributed by atoms with van der Waals surface area (Å²) in [6, 6.07) is 8.26. The largest absolute Gasteiger partial charge is 0.378 e. The molecule has 1 amide bonds. The van der Waals surface area contributed by atoms with Crippen LogP contribution in [0.4, 0.5) is 11.4 Å². The average molecular weight is 336 g/mol. The third-order valence-electron chi connectivity index (χ3n) is 4.62. The Bertz CT molecular complexity index is 936. The predicted molar refractivity (Wildman–Crippen MR) is 102 cm³/mol. The van der Waals surface area contributed by atoms with Gasteiger partial charge in [0.15, 0.2) is 5.65 Å². The second-order valence-corrected chi connectivity index (χ2v) is 6.52. The van der Waals surface area contributed by atoms with Gasteiger partial charge in [0.05, 0.1) is 17.1 Å². The average Bonchev–Trinajstić information content (AvgIpc) is 2.82. The molecule has 5 nitrogen and oxygen atoms in total. The number of rotatable bonds is 4. The number of hydrogen-bond donors (Lipinski definition) is 2. The lowest BCUT2D eigenvalue weighted by Crippen LogP contribution is -2.09. The predicted octanol–water partition coefficient (Wildman–Crippen LogP) is 4.14. The Morgan fingerprint density at radius 3 is 2.48 bits per heavy atom. The van der Waals surface area contributed by atoms with Crippen LogP contribution in [0.5, 0.6) is 0 Å². The fourth-order valence-corrected chi connectivity index (χ4v) is 3.08. The molecule has 3 aromatic rings. The van der Waals surface area contributed by atoms with Gasteiger partial charge in [-0.1, -0.05) is 18.2 Å². The second-order valence-electron chi connectivity index (χ2n) is 6.52. The van der Waals surface area contributed by atoms with Gasteiger partial charge >= 0.3 is 0 Å². The van der Waals surface area contributed by atoms with Crippen LogP contribution < -0.4 is 10.6 Å². The molecule has 130 valence electrons. The van der Waals surface area contributed by atoms with Crippen molar-refractivity contribution in [3.63, 3.8) is 0 Å². The Balaban J connectivity index is 2.02. The molecule has 0 unspecified atom stereocenters. The summed E-state index contributed by atoms with van der Waals surface area (Å²) in [5.74, 6) is -0.0884. The summed E-state index contributed by atoms with van der Waals surface area (Å²) in [7, 11) is 0. The van der Waals surface area contributed by atoms with Crippen LogP contribution in [-0.2, 0) is 11.3 Å². The molecule has 0 aliphatic rings. The number of nitrogens with zero attached hydrogens (tertiary/aromatic N) is 2. The highest BCUT2D eigenvalue weighted by molar-refractivity contribution is 5.90. The number of aryl methyl sites for hydroxylation is 4. The number of hydrogen-bond acceptors (Lipinski definition) is 3. The Kier molecular flexibility index (Phi) is 4.49. The number of aromatic nitrogens is 2. The first-order chi connectivity index (χ1) is 11.9. The van der Waals surface area contributed by atoms with E-state index in [1.165, 1.54) is 23.6 Å². The summed E-state index contributed by atoms with van der Waals surface area (Å²) in [6.07, 6.45) is 1.91. The third-order valence-corrected chi connectivity index (χ3v) is 4.62. The van der Waals surface area contributed by atoms with Gasteiger partial charge in [-0.15, -0.1) is 0 Å². The van der Waals surface area contributed by atoms with Crippen LogP contribution in [0.3, 0.4) is 0 Å². The molecule has 1 aromatic carbocycles. The van der Waals surface area contributed by atoms with Gasteiger partial charge in [-0.05, 0) is 50.5 Å². The summed E-state index contributed by atoms with van der Waals surface area (Å²) in [5, 5.41) is 6.37. The van der Waals surface area contributed by atoms with E-state index in [0.717, 1.165) is 28.4 Å². The topological polar surface area (TPSA) is 58.4 Å². The Morgan fingerprint density at radius 2 is 1.84 bits per heavy atom. The molecule has 2 aromatic heterocycles. The summed E-state index contributed by atoms with van der Waals surface area (Å²) < 4.78 is 2.02. The van der Waals surface area contributed by atoms with E-state index in [4.69, 9.17) is 0 Å². The Morgan fingerprint density at radius 1 is 1.16 bits per heavy atom. The van der Waals surface area contributed by atoms with E-state index < -0.39 is 0 Å². The SMILES string of the molecule is CC(=O)Nc1cc(NCc2c(C)cccc2C)c2nc(C)c(C)n2c1. The van der Waals surface area contributed by atoms with Crippen molar-refractivity contribution in [2.75, 3.05) is 10.6 Å². The second kappa shape index (κ2) is 6.59. The van der Waals surface area contributed by atoms with Gasteiger partial charge in [0.1, 0.15) is 0 Å². The van der Waals surface area contributed by atoms with Crippen LogP contribution in [0.2, 0.25) is 0 Å². The monoisotopic (exact) mass is 336 g/mol. The molecular formula is C20H24N4O. The molecule has 5 heteroatoms. The van der Waals surface area contributed by atoms with Gasteiger partial charge in [0, 0.05) is 25.4 Å². The molecule has 0 bridgehead atoms. The van der Waals surface area contributed by atoms with E-state index in [-0.39, 0.29) is 5.91 Å². The van der Waals surface area contributed by atoms with Crippen molar-refractivity contribution in [1.82, 2.24) is 9.38 Å². The van der Waals surface area contributed by atoms with Crippen molar-refractivity contribution in [2.45, 2.75) is 41.2 Å². The number of amides is 1. The zero-order valence-corrected chi connectivity index (χ0v) is 15.4. The van der Waals surface area contributed by atoms with Crippen molar-refractivity contribution in [2.24, 2.45) is 0 Å². The van der Waals surface area contributed by atoms with Crippen LogP contribution in [0.1, 0.15) is 35.0 Å². The van der Waals surface area contributed by atoms with Gasteiger partial charge in [0.25, 0.3) is 0 Å². The minimum Gasteiger partial charge on any atom is -0.378 e. The van der Waals surface area contributed by atoms with Crippen molar-refractivity contribution in [1.29, 1.82) is 0 Å².